The minimum Gasteiger partial charge on any atom is -0.462 e. The maximum atomic E-state index is 13.0. The highest BCUT2D eigenvalue weighted by molar-refractivity contribution is 5.72. The molecule has 3 atom stereocenters. The molecule has 326 valence electrons. The van der Waals surface area contributed by atoms with Crippen LogP contribution in [-0.2, 0) is 33.3 Å². The summed E-state index contributed by atoms with van der Waals surface area (Å²) < 4.78 is 23.3. The molecule has 9 heteroatoms. The number of piperazine rings is 1. The summed E-state index contributed by atoms with van der Waals surface area (Å²) in [5.41, 5.74) is 0. The largest absolute Gasteiger partial charge is 0.462 e. The molecule has 0 aliphatic carbocycles. The summed E-state index contributed by atoms with van der Waals surface area (Å²) in [4.78, 5) is 42.9. The first-order valence-corrected chi connectivity index (χ1v) is 23.1. The molecular weight excluding hydrogens is 717 g/mol. The van der Waals surface area contributed by atoms with Crippen LogP contribution in [0.1, 0.15) is 168 Å². The van der Waals surface area contributed by atoms with Crippen molar-refractivity contribution in [1.82, 2.24) is 9.80 Å². The maximum Gasteiger partial charge on any atom is 0.320 e. The zero-order chi connectivity index (χ0) is 41.0. The van der Waals surface area contributed by atoms with Crippen LogP contribution in [0.3, 0.4) is 0 Å². The van der Waals surface area contributed by atoms with Crippen molar-refractivity contribution in [2.24, 2.45) is 0 Å². The molecule has 0 aromatic carbocycles. The van der Waals surface area contributed by atoms with Crippen molar-refractivity contribution >= 4 is 17.9 Å². The molecule has 9 nitrogen and oxygen atoms in total. The topological polar surface area (TPSA) is 94.6 Å². The van der Waals surface area contributed by atoms with E-state index in [-0.39, 0.29) is 37.7 Å². The van der Waals surface area contributed by atoms with E-state index in [9.17, 15) is 14.4 Å². The minimum atomic E-state index is -0.805. The first-order valence-electron chi connectivity index (χ1n) is 23.1. The quantitative estimate of drug-likeness (QED) is 0.0273. The number of esters is 3. The molecule has 0 bridgehead atoms. The lowest BCUT2D eigenvalue weighted by Gasteiger charge is -2.31. The smallest absolute Gasteiger partial charge is 0.320 e. The highest BCUT2D eigenvalue weighted by Crippen LogP contribution is 2.24. The third-order valence-electron chi connectivity index (χ3n) is 10.8. The van der Waals surface area contributed by atoms with Gasteiger partial charge in [0, 0.05) is 39.0 Å². The predicted molar refractivity (Wildman–Crippen MR) is 233 cm³/mol. The molecule has 57 heavy (non-hydrogen) atoms. The Morgan fingerprint density at radius 3 is 1.53 bits per heavy atom. The maximum absolute atomic E-state index is 13.0. The van der Waals surface area contributed by atoms with E-state index in [1.54, 1.807) is 0 Å². The average Bonchev–Trinajstić information content (AvgIpc) is 3.57. The van der Waals surface area contributed by atoms with E-state index in [0.29, 0.717) is 12.8 Å². The van der Waals surface area contributed by atoms with Crippen LogP contribution in [0.2, 0.25) is 0 Å². The summed E-state index contributed by atoms with van der Waals surface area (Å²) in [5.74, 6) is -0.975. The Kier molecular flexibility index (Phi) is 31.1. The van der Waals surface area contributed by atoms with Crippen LogP contribution in [-0.4, -0.2) is 99.0 Å². The molecule has 2 heterocycles. The van der Waals surface area contributed by atoms with E-state index in [1.165, 1.54) is 51.4 Å². The Morgan fingerprint density at radius 2 is 1.02 bits per heavy atom. The molecule has 0 aromatic rings. The van der Waals surface area contributed by atoms with Gasteiger partial charge in [0.2, 0.25) is 0 Å². The van der Waals surface area contributed by atoms with Crippen molar-refractivity contribution < 1.29 is 33.3 Å². The molecule has 0 amide bonds. The summed E-state index contributed by atoms with van der Waals surface area (Å²) >= 11 is 0. The van der Waals surface area contributed by atoms with Gasteiger partial charge in [-0.05, 0) is 84.1 Å². The Morgan fingerprint density at radius 1 is 0.561 bits per heavy atom. The van der Waals surface area contributed by atoms with Gasteiger partial charge in [-0.1, -0.05) is 127 Å². The van der Waals surface area contributed by atoms with Crippen molar-refractivity contribution in [2.75, 3.05) is 53.0 Å². The minimum absolute atomic E-state index is 0.0484. The number of unbranched alkanes of at least 4 members (excludes halogenated alkanes) is 16. The summed E-state index contributed by atoms with van der Waals surface area (Å²) in [6.07, 6.45) is 41.1. The molecule has 0 N–H and O–H groups in total. The molecule has 0 aromatic heterocycles. The second-order valence-corrected chi connectivity index (χ2v) is 16.1. The van der Waals surface area contributed by atoms with E-state index in [1.807, 2.05) is 0 Å². The number of hydrogen-bond acceptors (Lipinski definition) is 9. The first-order chi connectivity index (χ1) is 27.9. The highest BCUT2D eigenvalue weighted by atomic mass is 16.6. The SMILES string of the molecule is CCCCC/C=C\C/C=C\CCCCCCCC(=O)O[C@H]1COC(COC(=O)CN2CCN(C)CC2)[C@@H]1OC(=O)CCCCCCC/C=C\C/C=C\CCCCC. The van der Waals surface area contributed by atoms with Gasteiger partial charge in [-0.25, -0.2) is 0 Å². The second kappa shape index (κ2) is 35.2. The summed E-state index contributed by atoms with van der Waals surface area (Å²) in [7, 11) is 2.07. The number of rotatable bonds is 34. The van der Waals surface area contributed by atoms with Crippen LogP contribution in [0, 0.1) is 0 Å². The molecule has 2 rings (SSSR count). The highest BCUT2D eigenvalue weighted by Gasteiger charge is 2.43. The summed E-state index contributed by atoms with van der Waals surface area (Å²) in [6.45, 7) is 8.19. The fraction of sp³-hybridized carbons (Fsp3) is 0.771. The van der Waals surface area contributed by atoms with Gasteiger partial charge in [0.05, 0.1) is 13.2 Å². The Labute approximate surface area is 348 Å². The molecule has 0 spiro atoms. The molecule has 2 saturated heterocycles. The summed E-state index contributed by atoms with van der Waals surface area (Å²) in [6, 6.07) is 0. The van der Waals surface area contributed by atoms with Crippen molar-refractivity contribution in [2.45, 2.75) is 186 Å². The summed E-state index contributed by atoms with van der Waals surface area (Å²) in [5, 5.41) is 0. The number of carbonyl (C=O) groups excluding carboxylic acids is 3. The van der Waals surface area contributed by atoms with Crippen molar-refractivity contribution in [3.8, 4) is 0 Å². The number of carbonyl (C=O) groups is 3. The average molecular weight is 799 g/mol. The second-order valence-electron chi connectivity index (χ2n) is 16.1. The van der Waals surface area contributed by atoms with E-state index in [0.717, 1.165) is 116 Å². The fourth-order valence-corrected chi connectivity index (χ4v) is 7.05. The predicted octanol–water partition coefficient (Wildman–Crippen LogP) is 10.6. The molecule has 2 aliphatic rings. The molecule has 2 fully saturated rings. The van der Waals surface area contributed by atoms with Crippen LogP contribution in [0.25, 0.3) is 0 Å². The van der Waals surface area contributed by atoms with E-state index >= 15 is 0 Å². The molecular formula is C48H82N2O7. The third-order valence-corrected chi connectivity index (χ3v) is 10.8. The lowest BCUT2D eigenvalue weighted by atomic mass is 10.1. The van der Waals surface area contributed by atoms with Crippen LogP contribution < -0.4 is 0 Å². The van der Waals surface area contributed by atoms with Gasteiger partial charge in [0.15, 0.2) is 12.2 Å². The van der Waals surface area contributed by atoms with Gasteiger partial charge < -0.3 is 23.8 Å². The molecule has 2 aliphatic heterocycles. The third kappa shape index (κ3) is 27.6. The van der Waals surface area contributed by atoms with Gasteiger partial charge in [-0.15, -0.1) is 0 Å². The monoisotopic (exact) mass is 799 g/mol. The van der Waals surface area contributed by atoms with Gasteiger partial charge >= 0.3 is 17.9 Å². The number of hydrogen-bond donors (Lipinski definition) is 0. The zero-order valence-corrected chi connectivity index (χ0v) is 36.5. The lowest BCUT2D eigenvalue weighted by molar-refractivity contribution is -0.168. The lowest BCUT2D eigenvalue weighted by Crippen LogP contribution is -2.47. The van der Waals surface area contributed by atoms with Gasteiger partial charge in [-0.3, -0.25) is 19.3 Å². The van der Waals surface area contributed by atoms with Gasteiger partial charge in [0.25, 0.3) is 0 Å². The van der Waals surface area contributed by atoms with Gasteiger partial charge in [-0.2, -0.15) is 0 Å². The normalized spacial score (nSPS) is 19.5. The fourth-order valence-electron chi connectivity index (χ4n) is 7.05. The number of ether oxygens (including phenoxy) is 4. The Bertz CT molecular complexity index is 1140. The molecule has 0 radical (unpaired) electrons. The Balaban J connectivity index is 1.69. The van der Waals surface area contributed by atoms with Crippen LogP contribution in [0.4, 0.5) is 0 Å². The van der Waals surface area contributed by atoms with E-state index < -0.39 is 18.3 Å². The van der Waals surface area contributed by atoms with E-state index in [4.69, 9.17) is 18.9 Å². The molecule has 0 saturated carbocycles. The van der Waals surface area contributed by atoms with Crippen LogP contribution in [0.15, 0.2) is 48.6 Å². The number of nitrogens with zero attached hydrogens (tertiary/aromatic N) is 2. The standard InChI is InChI=1S/C48H82N2O7/c1-4-6-8-10-12-14-16-18-20-22-24-26-28-30-32-34-45(51)56-44-42-54-43(41-55-47(53)40-50-38-36-49(3)37-39-50)48(44)57-46(52)35-33-31-29-27-25-23-21-19-17-15-13-11-9-7-5-2/h12-15,18-21,43-44,48H,4-11,16-17,22-42H2,1-3H3/b14-12-,15-13-,20-18-,21-19-/t43?,44-,48-/m0/s1. The van der Waals surface area contributed by atoms with Crippen molar-refractivity contribution in [1.29, 1.82) is 0 Å². The van der Waals surface area contributed by atoms with Crippen LogP contribution in [0.5, 0.6) is 0 Å². The molecule has 1 unspecified atom stereocenters. The zero-order valence-electron chi connectivity index (χ0n) is 36.5. The van der Waals surface area contributed by atoms with Crippen molar-refractivity contribution in [3.05, 3.63) is 48.6 Å². The Hall–Kier alpha value is -2.75. The van der Waals surface area contributed by atoms with Gasteiger partial charge in [0.1, 0.15) is 12.7 Å². The van der Waals surface area contributed by atoms with E-state index in [2.05, 4.69) is 79.3 Å². The van der Waals surface area contributed by atoms with Crippen molar-refractivity contribution in [3.63, 3.8) is 0 Å². The number of likely N-dealkylation sites (N-methyl/N-ethyl adjacent to an activating group) is 1. The van der Waals surface area contributed by atoms with Crippen LogP contribution >= 0.6 is 0 Å². The number of allylic oxidation sites excluding steroid dienone is 8. The first kappa shape index (κ1) is 50.4.